The van der Waals surface area contributed by atoms with Gasteiger partial charge in [-0.25, -0.2) is 0 Å². The molecule has 0 aliphatic carbocycles. The molecule has 5 N–H and O–H groups in total. The Morgan fingerprint density at radius 1 is 1.41 bits per heavy atom. The molecule has 0 radical (unpaired) electrons. The summed E-state index contributed by atoms with van der Waals surface area (Å²) in [6, 6.07) is 3.32. The van der Waals surface area contributed by atoms with Crippen molar-refractivity contribution in [2.75, 3.05) is 6.61 Å². The predicted octanol–water partition coefficient (Wildman–Crippen LogP) is -0.652. The molecule has 0 bridgehead atoms. The molecule has 9 heteroatoms. The maximum Gasteiger partial charge on any atom is 0.492 e. The third kappa shape index (κ3) is 3.10. The van der Waals surface area contributed by atoms with Gasteiger partial charge in [0.1, 0.15) is 11.4 Å². The van der Waals surface area contributed by atoms with Crippen LogP contribution in [0.2, 0.25) is 0 Å². The van der Waals surface area contributed by atoms with Crippen LogP contribution in [0.1, 0.15) is 29.4 Å². The second-order valence-electron chi connectivity index (χ2n) is 4.84. The van der Waals surface area contributed by atoms with Gasteiger partial charge in [-0.05, 0) is 19.4 Å². The van der Waals surface area contributed by atoms with Gasteiger partial charge in [-0.1, -0.05) is 18.6 Å². The summed E-state index contributed by atoms with van der Waals surface area (Å²) in [6.07, 6.45) is 0.732. The Morgan fingerprint density at radius 2 is 2.14 bits per heavy atom. The Bertz CT molecular complexity index is 687. The van der Waals surface area contributed by atoms with E-state index in [1.54, 1.807) is 19.1 Å². The number of rotatable bonds is 6. The van der Waals surface area contributed by atoms with E-state index < -0.39 is 13.0 Å². The number of aromatic nitrogens is 3. The van der Waals surface area contributed by atoms with Gasteiger partial charge < -0.3 is 20.5 Å². The van der Waals surface area contributed by atoms with E-state index in [4.69, 9.17) is 10.5 Å². The van der Waals surface area contributed by atoms with Crippen LogP contribution in [0, 0.1) is 6.92 Å². The number of nitrogens with zero attached hydrogens (tertiary/aromatic N) is 2. The Morgan fingerprint density at radius 3 is 2.73 bits per heavy atom. The van der Waals surface area contributed by atoms with Gasteiger partial charge in [-0.15, -0.1) is 0 Å². The van der Waals surface area contributed by atoms with Crippen LogP contribution in [0.3, 0.4) is 0 Å². The molecular formula is C13H17BN4O4. The largest absolute Gasteiger partial charge is 0.493 e. The van der Waals surface area contributed by atoms with Crippen molar-refractivity contribution in [2.45, 2.75) is 20.3 Å². The van der Waals surface area contributed by atoms with Crippen molar-refractivity contribution < 1.29 is 19.6 Å². The summed E-state index contributed by atoms with van der Waals surface area (Å²) in [5.74, 6) is -0.489. The van der Waals surface area contributed by atoms with Gasteiger partial charge in [0.25, 0.3) is 5.91 Å². The average Bonchev–Trinajstić information content (AvgIpc) is 2.94. The Kier molecular flexibility index (Phi) is 4.79. The van der Waals surface area contributed by atoms with Crippen molar-refractivity contribution in [3.05, 3.63) is 23.4 Å². The van der Waals surface area contributed by atoms with E-state index in [2.05, 4.69) is 15.4 Å². The number of hydrogen-bond acceptors (Lipinski definition) is 6. The average molecular weight is 304 g/mol. The summed E-state index contributed by atoms with van der Waals surface area (Å²) in [5, 5.41) is 29.2. The fraction of sp³-hybridized carbons (Fsp3) is 0.308. The standard InChI is InChI=1S/C13H17BN4O4/c1-3-4-22-12-8(5-7(2)6-9(12)14(20)21)10-11(13(15)19)17-18-16-10/h5-6,20-21H,3-4H2,1-2H3,(H2,15,19)(H,16,17,18). The van der Waals surface area contributed by atoms with Gasteiger partial charge in [0.15, 0.2) is 5.69 Å². The number of nitrogens with two attached hydrogens (primary N) is 1. The second kappa shape index (κ2) is 6.59. The lowest BCUT2D eigenvalue weighted by Crippen LogP contribution is -2.32. The van der Waals surface area contributed by atoms with Crippen molar-refractivity contribution in [1.82, 2.24) is 15.4 Å². The van der Waals surface area contributed by atoms with Crippen LogP contribution in [0.15, 0.2) is 12.1 Å². The van der Waals surface area contributed by atoms with E-state index >= 15 is 0 Å². The molecule has 0 saturated heterocycles. The number of carbonyl (C=O) groups is 1. The number of carbonyl (C=O) groups excluding carboxylic acids is 1. The predicted molar refractivity (Wildman–Crippen MR) is 80.7 cm³/mol. The zero-order valence-electron chi connectivity index (χ0n) is 12.3. The number of hydrogen-bond donors (Lipinski definition) is 4. The molecule has 0 saturated carbocycles. The van der Waals surface area contributed by atoms with Crippen LogP contribution in [0.5, 0.6) is 5.75 Å². The van der Waals surface area contributed by atoms with Crippen LogP contribution in [0.4, 0.5) is 0 Å². The van der Waals surface area contributed by atoms with E-state index in [-0.39, 0.29) is 22.6 Å². The first kappa shape index (κ1) is 16.0. The summed E-state index contributed by atoms with van der Waals surface area (Å²) in [4.78, 5) is 11.4. The minimum absolute atomic E-state index is 0.0367. The summed E-state index contributed by atoms with van der Waals surface area (Å²) in [7, 11) is -1.71. The molecule has 2 aromatic rings. The molecule has 0 aliphatic rings. The summed E-state index contributed by atoms with van der Waals surface area (Å²) in [5.41, 5.74) is 6.83. The molecule has 8 nitrogen and oxygen atoms in total. The van der Waals surface area contributed by atoms with Crippen molar-refractivity contribution in [2.24, 2.45) is 5.73 Å². The van der Waals surface area contributed by atoms with Gasteiger partial charge >= 0.3 is 7.12 Å². The highest BCUT2D eigenvalue weighted by Gasteiger charge is 2.25. The number of aromatic amines is 1. The van der Waals surface area contributed by atoms with Crippen molar-refractivity contribution >= 4 is 18.5 Å². The highest BCUT2D eigenvalue weighted by Crippen LogP contribution is 2.30. The highest BCUT2D eigenvalue weighted by molar-refractivity contribution is 6.60. The highest BCUT2D eigenvalue weighted by atomic mass is 16.5. The Labute approximate surface area is 127 Å². The number of H-pyrrole nitrogens is 1. The lowest BCUT2D eigenvalue weighted by atomic mass is 9.77. The number of primary amides is 1. The summed E-state index contributed by atoms with van der Waals surface area (Å²) in [6.45, 7) is 4.08. The zero-order valence-corrected chi connectivity index (χ0v) is 12.3. The zero-order chi connectivity index (χ0) is 16.3. The summed E-state index contributed by atoms with van der Waals surface area (Å²) >= 11 is 0. The molecule has 1 heterocycles. The van der Waals surface area contributed by atoms with Crippen LogP contribution >= 0.6 is 0 Å². The second-order valence-corrected chi connectivity index (χ2v) is 4.84. The van der Waals surface area contributed by atoms with E-state index in [9.17, 15) is 14.8 Å². The van der Waals surface area contributed by atoms with Crippen LogP contribution in [0.25, 0.3) is 11.3 Å². The van der Waals surface area contributed by atoms with E-state index in [1.165, 1.54) is 0 Å². The molecule has 2 rings (SSSR count). The quantitative estimate of drug-likeness (QED) is 0.524. The van der Waals surface area contributed by atoms with Gasteiger partial charge in [-0.2, -0.15) is 15.4 Å². The van der Waals surface area contributed by atoms with Crippen molar-refractivity contribution in [1.29, 1.82) is 0 Å². The molecule has 1 aromatic heterocycles. The molecule has 1 aromatic carbocycles. The molecule has 22 heavy (non-hydrogen) atoms. The molecule has 1 amide bonds. The Balaban J connectivity index is 2.67. The fourth-order valence-corrected chi connectivity index (χ4v) is 2.12. The molecule has 0 atom stereocenters. The lowest BCUT2D eigenvalue weighted by molar-refractivity contribution is 0.0996. The molecule has 0 aliphatic heterocycles. The van der Waals surface area contributed by atoms with E-state index in [0.717, 1.165) is 12.0 Å². The normalized spacial score (nSPS) is 10.5. The van der Waals surface area contributed by atoms with Crippen LogP contribution < -0.4 is 15.9 Å². The van der Waals surface area contributed by atoms with Gasteiger partial charge in [0, 0.05) is 11.0 Å². The molecule has 0 unspecified atom stereocenters. The van der Waals surface area contributed by atoms with Gasteiger partial charge in [0.2, 0.25) is 0 Å². The first-order valence-corrected chi connectivity index (χ1v) is 6.80. The third-order valence-electron chi connectivity index (χ3n) is 3.03. The van der Waals surface area contributed by atoms with Gasteiger partial charge in [0.05, 0.1) is 6.61 Å². The van der Waals surface area contributed by atoms with Gasteiger partial charge in [-0.3, -0.25) is 4.79 Å². The molecule has 0 fully saturated rings. The first-order chi connectivity index (χ1) is 10.5. The summed E-state index contributed by atoms with van der Waals surface area (Å²) < 4.78 is 5.64. The smallest absolute Gasteiger partial charge is 0.492 e. The monoisotopic (exact) mass is 304 g/mol. The van der Waals surface area contributed by atoms with E-state index in [1.807, 2.05) is 6.92 Å². The fourth-order valence-electron chi connectivity index (χ4n) is 2.12. The van der Waals surface area contributed by atoms with Crippen molar-refractivity contribution in [3.8, 4) is 17.0 Å². The number of nitrogens with one attached hydrogen (secondary N) is 1. The lowest BCUT2D eigenvalue weighted by Gasteiger charge is -2.16. The molecule has 0 spiro atoms. The van der Waals surface area contributed by atoms with Crippen LogP contribution in [-0.2, 0) is 0 Å². The Hall–Kier alpha value is -2.39. The van der Waals surface area contributed by atoms with Crippen LogP contribution in [-0.4, -0.2) is 45.1 Å². The SMILES string of the molecule is CCCOc1c(B(O)O)cc(C)cc1-c1n[nH]nc1C(N)=O. The third-order valence-corrected chi connectivity index (χ3v) is 3.03. The minimum Gasteiger partial charge on any atom is -0.493 e. The number of benzene rings is 1. The van der Waals surface area contributed by atoms with Crippen molar-refractivity contribution in [3.63, 3.8) is 0 Å². The topological polar surface area (TPSA) is 134 Å². The number of amides is 1. The first-order valence-electron chi connectivity index (χ1n) is 6.80. The maximum atomic E-state index is 11.4. The number of ether oxygens (including phenoxy) is 1. The van der Waals surface area contributed by atoms with E-state index in [0.29, 0.717) is 12.2 Å². The minimum atomic E-state index is -1.71. The number of aryl methyl sites for hydroxylation is 1. The molecule has 116 valence electrons. The maximum absolute atomic E-state index is 11.4. The molecular weight excluding hydrogens is 287 g/mol.